The number of hydrazine groups is 1. The van der Waals surface area contributed by atoms with E-state index in [9.17, 15) is 0 Å². The van der Waals surface area contributed by atoms with Crippen LogP contribution >= 0.6 is 11.9 Å². The van der Waals surface area contributed by atoms with Crippen molar-refractivity contribution in [3.63, 3.8) is 0 Å². The van der Waals surface area contributed by atoms with E-state index in [0.29, 0.717) is 0 Å². The van der Waals surface area contributed by atoms with Crippen LogP contribution in [0.5, 0.6) is 0 Å². The predicted molar refractivity (Wildman–Crippen MR) is 37.1 cm³/mol. The third-order valence-electron chi connectivity index (χ3n) is 0.955. The normalized spacial score (nSPS) is 23.0. The highest BCUT2D eigenvalue weighted by Gasteiger charge is 2.01. The number of nitrogens with one attached hydrogen (secondary N) is 1. The molecule has 0 atom stereocenters. The predicted octanol–water partition coefficient (Wildman–Crippen LogP) is 0.988. The molecular formula is C5H10N2S. The minimum absolute atomic E-state index is 1.03. The Labute approximate surface area is 54.0 Å². The fourth-order valence-electron chi connectivity index (χ4n) is 0.661. The van der Waals surface area contributed by atoms with Gasteiger partial charge in [0, 0.05) is 13.6 Å². The first-order chi connectivity index (χ1) is 3.79. The summed E-state index contributed by atoms with van der Waals surface area (Å²) in [4.78, 5) is 3.09. The number of nitrogens with zero attached hydrogens (tertiary/aromatic N) is 1. The Morgan fingerprint density at radius 1 is 1.88 bits per heavy atom. The molecule has 0 fully saturated rings. The van der Waals surface area contributed by atoms with Crippen LogP contribution in [0.4, 0.5) is 0 Å². The molecule has 0 bridgehead atoms. The number of likely N-dealkylation sites (N-methyl/N-ethyl adjacent to an activating group) is 1. The summed E-state index contributed by atoms with van der Waals surface area (Å²) < 4.78 is 0. The quantitative estimate of drug-likeness (QED) is 0.492. The summed E-state index contributed by atoms with van der Waals surface area (Å²) in [5.74, 6) is 0. The Bertz CT molecular complexity index is 111. The molecule has 46 valence electrons. The highest BCUT2D eigenvalue weighted by molar-refractivity contribution is 8.00. The zero-order chi connectivity index (χ0) is 5.98. The van der Waals surface area contributed by atoms with Crippen molar-refractivity contribution in [2.24, 2.45) is 0 Å². The Hall–Kier alpha value is 0.01000. The molecule has 0 unspecified atom stereocenters. The second kappa shape index (κ2) is 2.53. The number of hydrogen-bond acceptors (Lipinski definition) is 3. The van der Waals surface area contributed by atoms with Crippen molar-refractivity contribution in [1.82, 2.24) is 9.84 Å². The van der Waals surface area contributed by atoms with Gasteiger partial charge in [0.15, 0.2) is 0 Å². The number of rotatable bonds is 0. The van der Waals surface area contributed by atoms with Gasteiger partial charge in [0.2, 0.25) is 0 Å². The molecule has 0 aromatic rings. The largest absolute Gasteiger partial charge is 0.233 e. The first-order valence-electron chi connectivity index (χ1n) is 2.57. The SMILES string of the molecule is CC1=CSNN(C)C1. The minimum atomic E-state index is 1.03. The van der Waals surface area contributed by atoms with Crippen LogP contribution in [0, 0.1) is 0 Å². The lowest BCUT2D eigenvalue weighted by Gasteiger charge is -2.20. The van der Waals surface area contributed by atoms with Gasteiger partial charge in [0.25, 0.3) is 0 Å². The average molecular weight is 130 g/mol. The smallest absolute Gasteiger partial charge is 0.0352 e. The first-order valence-corrected chi connectivity index (χ1v) is 3.45. The summed E-state index contributed by atoms with van der Waals surface area (Å²) in [5, 5.41) is 4.18. The fourth-order valence-corrected chi connectivity index (χ4v) is 1.23. The molecule has 1 N–H and O–H groups in total. The Balaban J connectivity index is 2.45. The van der Waals surface area contributed by atoms with E-state index in [2.05, 4.69) is 22.2 Å². The lowest BCUT2D eigenvalue weighted by molar-refractivity contribution is 0.335. The second-order valence-electron chi connectivity index (χ2n) is 2.03. The van der Waals surface area contributed by atoms with Gasteiger partial charge in [-0.3, -0.25) is 0 Å². The van der Waals surface area contributed by atoms with Gasteiger partial charge in [0.1, 0.15) is 0 Å². The van der Waals surface area contributed by atoms with E-state index in [1.807, 2.05) is 7.05 Å². The Morgan fingerprint density at radius 3 is 3.00 bits per heavy atom. The van der Waals surface area contributed by atoms with Crippen LogP contribution in [-0.4, -0.2) is 18.6 Å². The molecule has 0 aromatic carbocycles. The first kappa shape index (κ1) is 6.13. The van der Waals surface area contributed by atoms with Crippen LogP contribution in [0.1, 0.15) is 6.92 Å². The summed E-state index contributed by atoms with van der Waals surface area (Å²) in [6, 6.07) is 0. The van der Waals surface area contributed by atoms with E-state index in [0.717, 1.165) is 6.54 Å². The van der Waals surface area contributed by atoms with Gasteiger partial charge in [0.05, 0.1) is 0 Å². The molecule has 0 aliphatic carbocycles. The maximum Gasteiger partial charge on any atom is 0.0352 e. The summed E-state index contributed by atoms with van der Waals surface area (Å²) >= 11 is 1.62. The van der Waals surface area contributed by atoms with E-state index in [1.54, 1.807) is 11.9 Å². The van der Waals surface area contributed by atoms with Crippen molar-refractivity contribution in [2.45, 2.75) is 6.92 Å². The molecule has 1 aliphatic rings. The second-order valence-corrected chi connectivity index (χ2v) is 2.68. The van der Waals surface area contributed by atoms with Crippen LogP contribution in [0.15, 0.2) is 11.0 Å². The fraction of sp³-hybridized carbons (Fsp3) is 0.600. The summed E-state index contributed by atoms with van der Waals surface area (Å²) in [6.45, 7) is 3.16. The lowest BCUT2D eigenvalue weighted by atomic mass is 10.3. The van der Waals surface area contributed by atoms with Crippen molar-refractivity contribution < 1.29 is 0 Å². The van der Waals surface area contributed by atoms with E-state index in [4.69, 9.17) is 0 Å². The molecule has 0 aromatic heterocycles. The van der Waals surface area contributed by atoms with Crippen molar-refractivity contribution >= 4 is 11.9 Å². The van der Waals surface area contributed by atoms with E-state index >= 15 is 0 Å². The van der Waals surface area contributed by atoms with E-state index < -0.39 is 0 Å². The molecule has 3 heteroatoms. The third-order valence-corrected chi connectivity index (χ3v) is 1.89. The molecule has 1 rings (SSSR count). The van der Waals surface area contributed by atoms with Crippen LogP contribution in [-0.2, 0) is 0 Å². The van der Waals surface area contributed by atoms with Gasteiger partial charge in [-0.15, -0.1) is 0 Å². The van der Waals surface area contributed by atoms with Gasteiger partial charge in [-0.1, -0.05) is 5.57 Å². The van der Waals surface area contributed by atoms with Crippen LogP contribution in [0.25, 0.3) is 0 Å². The van der Waals surface area contributed by atoms with Crippen LogP contribution in [0.2, 0.25) is 0 Å². The van der Waals surface area contributed by atoms with Crippen molar-refractivity contribution in [3.05, 3.63) is 11.0 Å². The Kier molecular flexibility index (Phi) is 1.94. The molecule has 1 aliphatic heterocycles. The van der Waals surface area contributed by atoms with Gasteiger partial charge >= 0.3 is 0 Å². The van der Waals surface area contributed by atoms with Gasteiger partial charge in [-0.05, 0) is 24.3 Å². The Morgan fingerprint density at radius 2 is 2.62 bits per heavy atom. The molecule has 2 nitrogen and oxygen atoms in total. The zero-order valence-corrected chi connectivity index (χ0v) is 5.96. The summed E-state index contributed by atoms with van der Waals surface area (Å²) in [6.07, 6.45) is 0. The molecule has 8 heavy (non-hydrogen) atoms. The van der Waals surface area contributed by atoms with Crippen molar-refractivity contribution in [3.8, 4) is 0 Å². The topological polar surface area (TPSA) is 15.3 Å². The average Bonchev–Trinajstić information content (AvgIpc) is 1.64. The van der Waals surface area contributed by atoms with Crippen molar-refractivity contribution in [1.29, 1.82) is 0 Å². The zero-order valence-electron chi connectivity index (χ0n) is 5.14. The van der Waals surface area contributed by atoms with Gasteiger partial charge < -0.3 is 0 Å². The standard InChI is InChI=1S/C5H10N2S/c1-5-3-7(2)6-8-4-5/h4,6H,3H2,1-2H3. The third kappa shape index (κ3) is 1.51. The maximum atomic E-state index is 3.09. The molecule has 1 heterocycles. The van der Waals surface area contributed by atoms with Crippen LogP contribution < -0.4 is 4.83 Å². The van der Waals surface area contributed by atoms with E-state index in [-0.39, 0.29) is 0 Å². The molecular weight excluding hydrogens is 120 g/mol. The lowest BCUT2D eigenvalue weighted by Crippen LogP contribution is -2.32. The summed E-state index contributed by atoms with van der Waals surface area (Å²) in [5.41, 5.74) is 1.41. The maximum absolute atomic E-state index is 3.09. The highest BCUT2D eigenvalue weighted by Crippen LogP contribution is 2.09. The molecule has 0 radical (unpaired) electrons. The molecule has 0 amide bonds. The molecule has 0 saturated heterocycles. The monoisotopic (exact) mass is 130 g/mol. The van der Waals surface area contributed by atoms with Gasteiger partial charge in [-0.2, -0.15) is 4.83 Å². The summed E-state index contributed by atoms with van der Waals surface area (Å²) in [7, 11) is 2.03. The van der Waals surface area contributed by atoms with Crippen LogP contribution in [0.3, 0.4) is 0 Å². The highest BCUT2D eigenvalue weighted by atomic mass is 32.2. The van der Waals surface area contributed by atoms with Crippen molar-refractivity contribution in [2.75, 3.05) is 13.6 Å². The van der Waals surface area contributed by atoms with E-state index in [1.165, 1.54) is 5.57 Å². The van der Waals surface area contributed by atoms with Gasteiger partial charge in [-0.25, -0.2) is 5.01 Å². The minimum Gasteiger partial charge on any atom is -0.233 e. The molecule has 0 spiro atoms. The number of hydrogen-bond donors (Lipinski definition) is 1. The molecule has 0 saturated carbocycles.